The van der Waals surface area contributed by atoms with Crippen LogP contribution in [0.2, 0.25) is 18.6 Å². The van der Waals surface area contributed by atoms with Crippen LogP contribution >= 0.6 is 0 Å². The van der Waals surface area contributed by atoms with Gasteiger partial charge in [0.05, 0.1) is 8.07 Å². The molecule has 0 amide bonds. The van der Waals surface area contributed by atoms with Crippen LogP contribution in [0.5, 0.6) is 0 Å². The molecule has 0 spiro atoms. The van der Waals surface area contributed by atoms with E-state index < -0.39 is 8.07 Å². The van der Waals surface area contributed by atoms with Gasteiger partial charge in [-0.2, -0.15) is 0 Å². The fourth-order valence-corrected chi connectivity index (χ4v) is 7.15. The summed E-state index contributed by atoms with van der Waals surface area (Å²) in [7, 11) is -1.55. The molecule has 1 aromatic rings. The Bertz CT molecular complexity index is 401. The highest BCUT2D eigenvalue weighted by Crippen LogP contribution is 2.52. The van der Waals surface area contributed by atoms with Gasteiger partial charge in [0, 0.05) is 6.61 Å². The van der Waals surface area contributed by atoms with E-state index in [4.69, 9.17) is 0 Å². The normalized spacial score (nSPS) is 23.6. The highest BCUT2D eigenvalue weighted by molar-refractivity contribution is 6.91. The van der Waals surface area contributed by atoms with Crippen molar-refractivity contribution in [1.82, 2.24) is 0 Å². The third-order valence-electron chi connectivity index (χ3n) is 5.31. The Hall–Kier alpha value is -0.603. The molecule has 0 saturated heterocycles. The molecule has 2 heteroatoms. The van der Waals surface area contributed by atoms with Crippen molar-refractivity contribution in [3.63, 3.8) is 0 Å². The van der Waals surface area contributed by atoms with Crippen molar-refractivity contribution < 1.29 is 5.11 Å². The number of hydrogen-bond donors (Lipinski definition) is 1. The smallest absolute Gasteiger partial charge is 0.0862 e. The number of benzene rings is 1. The summed E-state index contributed by atoms with van der Waals surface area (Å²) in [6, 6.07) is 10.9. The van der Waals surface area contributed by atoms with Gasteiger partial charge in [0.15, 0.2) is 0 Å². The average molecular weight is 291 g/mol. The Morgan fingerprint density at radius 3 is 2.50 bits per heavy atom. The van der Waals surface area contributed by atoms with Gasteiger partial charge in [0.2, 0.25) is 0 Å². The van der Waals surface area contributed by atoms with Crippen LogP contribution in [0, 0.1) is 11.8 Å². The van der Waals surface area contributed by atoms with E-state index in [1.54, 1.807) is 0 Å². The van der Waals surface area contributed by atoms with Gasteiger partial charge in [0.25, 0.3) is 0 Å². The van der Waals surface area contributed by atoms with Gasteiger partial charge in [-0.1, -0.05) is 81.2 Å². The molecule has 112 valence electrons. The van der Waals surface area contributed by atoms with E-state index in [0.717, 1.165) is 11.8 Å². The maximum atomic E-state index is 9.96. The molecule has 1 N–H and O–H groups in total. The lowest BCUT2D eigenvalue weighted by molar-refractivity contribution is 0.272. The van der Waals surface area contributed by atoms with Crippen LogP contribution in [0.4, 0.5) is 0 Å². The van der Waals surface area contributed by atoms with E-state index >= 15 is 0 Å². The lowest BCUT2D eigenvalue weighted by Gasteiger charge is -2.32. The minimum Gasteiger partial charge on any atom is -0.396 e. The zero-order chi connectivity index (χ0) is 14.6. The van der Waals surface area contributed by atoms with Crippen LogP contribution in [-0.4, -0.2) is 19.8 Å². The summed E-state index contributed by atoms with van der Waals surface area (Å²) in [5.41, 5.74) is 0.538. The molecule has 1 saturated carbocycles. The van der Waals surface area contributed by atoms with Crippen LogP contribution in [0.3, 0.4) is 0 Å². The third-order valence-corrected chi connectivity index (χ3v) is 9.60. The van der Waals surface area contributed by atoms with Gasteiger partial charge >= 0.3 is 0 Å². The van der Waals surface area contributed by atoms with Crippen LogP contribution < -0.4 is 5.19 Å². The van der Waals surface area contributed by atoms with E-state index in [-0.39, 0.29) is 0 Å². The third kappa shape index (κ3) is 3.53. The molecular formula is C18H30OSi. The quantitative estimate of drug-likeness (QED) is 0.562. The minimum absolute atomic E-state index is 0.378. The van der Waals surface area contributed by atoms with Crippen molar-refractivity contribution in [2.24, 2.45) is 11.8 Å². The molecule has 3 atom stereocenters. The van der Waals surface area contributed by atoms with Crippen molar-refractivity contribution in [1.29, 1.82) is 0 Å². The maximum absolute atomic E-state index is 9.96. The van der Waals surface area contributed by atoms with Gasteiger partial charge < -0.3 is 5.11 Å². The molecule has 1 aliphatic carbocycles. The molecule has 2 rings (SSSR count). The molecule has 20 heavy (non-hydrogen) atoms. The standard InChI is InChI=1S/C18H30OSi/c1-4-5-7-10-15-13-17(15)18(14-19)20(2,3)16-11-8-6-9-12-16/h6,8-9,11-12,15,17-19H,4-5,7,10,13-14H2,1-3H3/t15-,17-,18+/m1/s1. The lowest BCUT2D eigenvalue weighted by Crippen LogP contribution is -2.48. The molecule has 1 aliphatic rings. The van der Waals surface area contributed by atoms with Crippen molar-refractivity contribution in [3.8, 4) is 0 Å². The Balaban J connectivity index is 1.99. The van der Waals surface area contributed by atoms with Crippen LogP contribution in [-0.2, 0) is 0 Å². The number of unbranched alkanes of at least 4 members (excludes halogenated alkanes) is 2. The molecule has 0 aromatic heterocycles. The first-order valence-electron chi connectivity index (χ1n) is 8.27. The monoisotopic (exact) mass is 290 g/mol. The first-order valence-corrected chi connectivity index (χ1v) is 11.3. The Kier molecular flexibility index (Phi) is 5.45. The Morgan fingerprint density at radius 1 is 1.20 bits per heavy atom. The van der Waals surface area contributed by atoms with Gasteiger partial charge in [-0.15, -0.1) is 0 Å². The van der Waals surface area contributed by atoms with E-state index in [9.17, 15) is 5.11 Å². The maximum Gasteiger partial charge on any atom is 0.0862 e. The number of rotatable bonds is 8. The first-order chi connectivity index (χ1) is 9.61. The highest BCUT2D eigenvalue weighted by Gasteiger charge is 2.48. The van der Waals surface area contributed by atoms with Crippen molar-refractivity contribution in [2.75, 3.05) is 6.61 Å². The number of aliphatic hydroxyl groups is 1. The SMILES string of the molecule is CCCCC[C@@H]1C[C@H]1[C@H](CO)[Si](C)(C)c1ccccc1. The lowest BCUT2D eigenvalue weighted by atomic mass is 10.1. The predicted molar refractivity (Wildman–Crippen MR) is 90.1 cm³/mol. The molecule has 1 aromatic carbocycles. The minimum atomic E-state index is -1.55. The Morgan fingerprint density at radius 2 is 1.90 bits per heavy atom. The molecule has 1 fully saturated rings. The molecule has 1 nitrogen and oxygen atoms in total. The van der Waals surface area contributed by atoms with E-state index in [0.29, 0.717) is 12.1 Å². The van der Waals surface area contributed by atoms with E-state index in [1.165, 1.54) is 37.3 Å². The average Bonchev–Trinajstić information content (AvgIpc) is 3.20. The second-order valence-corrected chi connectivity index (χ2v) is 11.8. The fourth-order valence-electron chi connectivity index (χ4n) is 3.73. The second kappa shape index (κ2) is 6.90. The van der Waals surface area contributed by atoms with Crippen molar-refractivity contribution in [3.05, 3.63) is 30.3 Å². The number of aliphatic hydroxyl groups excluding tert-OH is 1. The summed E-state index contributed by atoms with van der Waals surface area (Å²) in [6.07, 6.45) is 6.80. The molecule has 0 bridgehead atoms. The van der Waals surface area contributed by atoms with E-state index in [1.807, 2.05) is 0 Å². The summed E-state index contributed by atoms with van der Waals surface area (Å²) >= 11 is 0. The molecular weight excluding hydrogens is 260 g/mol. The highest BCUT2D eigenvalue weighted by atomic mass is 28.3. The molecule has 0 radical (unpaired) electrons. The van der Waals surface area contributed by atoms with Crippen molar-refractivity contribution in [2.45, 2.75) is 57.7 Å². The summed E-state index contributed by atoms with van der Waals surface area (Å²) < 4.78 is 0. The largest absolute Gasteiger partial charge is 0.396 e. The van der Waals surface area contributed by atoms with Crippen LogP contribution in [0.15, 0.2) is 30.3 Å². The first kappa shape index (κ1) is 15.8. The fraction of sp³-hybridized carbons (Fsp3) is 0.667. The zero-order valence-electron chi connectivity index (χ0n) is 13.3. The predicted octanol–water partition coefficient (Wildman–Crippen LogP) is 4.18. The molecule has 0 unspecified atom stereocenters. The topological polar surface area (TPSA) is 20.2 Å². The van der Waals surface area contributed by atoms with Gasteiger partial charge in [-0.05, 0) is 23.8 Å². The summed E-state index contributed by atoms with van der Waals surface area (Å²) in [4.78, 5) is 0. The van der Waals surface area contributed by atoms with Crippen LogP contribution in [0.1, 0.15) is 39.0 Å². The zero-order valence-corrected chi connectivity index (χ0v) is 14.3. The Labute approximate surface area is 125 Å². The van der Waals surface area contributed by atoms with Gasteiger partial charge in [-0.3, -0.25) is 0 Å². The van der Waals surface area contributed by atoms with E-state index in [2.05, 4.69) is 50.3 Å². The van der Waals surface area contributed by atoms with Gasteiger partial charge in [0.1, 0.15) is 0 Å². The van der Waals surface area contributed by atoms with Gasteiger partial charge in [-0.25, -0.2) is 0 Å². The summed E-state index contributed by atoms with van der Waals surface area (Å²) in [5.74, 6) is 1.69. The van der Waals surface area contributed by atoms with Crippen molar-refractivity contribution >= 4 is 13.3 Å². The molecule has 0 aliphatic heterocycles. The number of hydrogen-bond acceptors (Lipinski definition) is 1. The molecule has 0 heterocycles. The second-order valence-electron chi connectivity index (χ2n) is 7.03. The summed E-state index contributed by atoms with van der Waals surface area (Å²) in [5, 5.41) is 11.5. The van der Waals surface area contributed by atoms with Crippen LogP contribution in [0.25, 0.3) is 0 Å². The summed E-state index contributed by atoms with van der Waals surface area (Å²) in [6.45, 7) is 7.52.